The maximum atomic E-state index is 11.9. The summed E-state index contributed by atoms with van der Waals surface area (Å²) in [6.07, 6.45) is 1.12. The van der Waals surface area contributed by atoms with Gasteiger partial charge in [0.15, 0.2) is 0 Å². The fourth-order valence-electron chi connectivity index (χ4n) is 2.38. The Balaban J connectivity index is 1.57. The van der Waals surface area contributed by atoms with Crippen molar-refractivity contribution in [2.75, 3.05) is 36.5 Å². The molecule has 1 aliphatic rings. The van der Waals surface area contributed by atoms with E-state index in [0.717, 1.165) is 28.9 Å². The maximum Gasteiger partial charge on any atom is 0.412 e. The molecule has 0 aliphatic carbocycles. The molecule has 3 rings (SSSR count). The van der Waals surface area contributed by atoms with Crippen LogP contribution >= 0.6 is 15.9 Å². The highest BCUT2D eigenvalue weighted by atomic mass is 79.9. The lowest BCUT2D eigenvalue weighted by Gasteiger charge is -2.28. The summed E-state index contributed by atoms with van der Waals surface area (Å²) in [6.45, 7) is 3.22. The smallest absolute Gasteiger partial charge is 0.412 e. The first-order valence-electron chi connectivity index (χ1n) is 7.68. The number of nitrogens with zero attached hydrogens (tertiary/aromatic N) is 2. The quantitative estimate of drug-likeness (QED) is 0.864. The van der Waals surface area contributed by atoms with Crippen molar-refractivity contribution in [3.63, 3.8) is 0 Å². The Morgan fingerprint density at radius 3 is 2.75 bits per heavy atom. The molecule has 0 bridgehead atoms. The summed E-state index contributed by atoms with van der Waals surface area (Å²) in [5, 5.41) is 2.69. The number of aromatic nitrogens is 1. The number of nitrogens with one attached hydrogen (secondary N) is 1. The number of carbonyl (C=O) groups is 1. The van der Waals surface area contributed by atoms with Gasteiger partial charge in [0, 0.05) is 13.1 Å². The summed E-state index contributed by atoms with van der Waals surface area (Å²) in [7, 11) is 0. The number of benzene rings is 1. The molecule has 1 aromatic carbocycles. The standard InChI is InChI=1S/C17H18BrN3O3/c18-15-10-14(11-19-16(15)21-6-8-23-9-7-21)20-17(22)24-12-13-4-2-1-3-5-13/h1-5,10-11H,6-9,12H2,(H,20,22). The van der Waals surface area contributed by atoms with E-state index in [2.05, 4.69) is 31.1 Å². The molecule has 1 aromatic heterocycles. The van der Waals surface area contributed by atoms with Gasteiger partial charge in [-0.3, -0.25) is 5.32 Å². The number of rotatable bonds is 4. The Kier molecular flexibility index (Phi) is 5.66. The third kappa shape index (κ3) is 4.46. The molecule has 126 valence electrons. The van der Waals surface area contributed by atoms with Crippen molar-refractivity contribution in [3.05, 3.63) is 52.6 Å². The summed E-state index contributed by atoms with van der Waals surface area (Å²) >= 11 is 3.51. The second-order valence-electron chi connectivity index (χ2n) is 5.32. The van der Waals surface area contributed by atoms with Gasteiger partial charge in [-0.25, -0.2) is 9.78 Å². The van der Waals surface area contributed by atoms with Gasteiger partial charge in [-0.2, -0.15) is 0 Å². The monoisotopic (exact) mass is 391 g/mol. The highest BCUT2D eigenvalue weighted by molar-refractivity contribution is 9.10. The number of anilines is 2. The number of halogens is 1. The molecule has 0 spiro atoms. The molecule has 2 aromatic rings. The fourth-order valence-corrected chi connectivity index (χ4v) is 2.98. The average Bonchev–Trinajstić information content (AvgIpc) is 2.62. The van der Waals surface area contributed by atoms with Crippen LogP contribution in [0.15, 0.2) is 47.1 Å². The SMILES string of the molecule is O=C(Nc1cnc(N2CCOCC2)c(Br)c1)OCc1ccccc1. The number of hydrogen-bond acceptors (Lipinski definition) is 5. The second kappa shape index (κ2) is 8.12. The molecular formula is C17H18BrN3O3. The zero-order chi connectivity index (χ0) is 16.8. The molecule has 1 amide bonds. The predicted molar refractivity (Wildman–Crippen MR) is 95.2 cm³/mol. The lowest BCUT2D eigenvalue weighted by atomic mass is 10.2. The van der Waals surface area contributed by atoms with Gasteiger partial charge in [0.2, 0.25) is 0 Å². The van der Waals surface area contributed by atoms with Crippen molar-refractivity contribution in [2.45, 2.75) is 6.61 Å². The van der Waals surface area contributed by atoms with Crippen molar-refractivity contribution < 1.29 is 14.3 Å². The summed E-state index contributed by atoms with van der Waals surface area (Å²) in [5.74, 6) is 0.849. The van der Waals surface area contributed by atoms with Crippen LogP contribution in [0.3, 0.4) is 0 Å². The van der Waals surface area contributed by atoms with Gasteiger partial charge in [-0.15, -0.1) is 0 Å². The summed E-state index contributed by atoms with van der Waals surface area (Å²) in [6, 6.07) is 11.4. The van der Waals surface area contributed by atoms with Crippen LogP contribution in [-0.2, 0) is 16.1 Å². The van der Waals surface area contributed by atoms with E-state index >= 15 is 0 Å². The lowest BCUT2D eigenvalue weighted by Crippen LogP contribution is -2.37. The molecule has 7 heteroatoms. The molecule has 0 radical (unpaired) electrons. The van der Waals surface area contributed by atoms with Crippen LogP contribution in [0.1, 0.15) is 5.56 Å². The van der Waals surface area contributed by atoms with Gasteiger partial charge in [0.05, 0.1) is 29.6 Å². The topological polar surface area (TPSA) is 63.7 Å². The number of morpholine rings is 1. The largest absolute Gasteiger partial charge is 0.444 e. The van der Waals surface area contributed by atoms with Crippen LogP contribution in [0, 0.1) is 0 Å². The molecule has 0 saturated carbocycles. The number of pyridine rings is 1. The van der Waals surface area contributed by atoms with Gasteiger partial charge >= 0.3 is 6.09 Å². The van der Waals surface area contributed by atoms with E-state index in [4.69, 9.17) is 9.47 Å². The average molecular weight is 392 g/mol. The molecule has 0 atom stereocenters. The lowest BCUT2D eigenvalue weighted by molar-refractivity contribution is 0.122. The van der Waals surface area contributed by atoms with E-state index in [-0.39, 0.29) is 6.61 Å². The Labute approximate surface area is 148 Å². The molecule has 6 nitrogen and oxygen atoms in total. The predicted octanol–water partition coefficient (Wildman–Crippen LogP) is 3.43. The number of ether oxygens (including phenoxy) is 2. The Morgan fingerprint density at radius 1 is 1.29 bits per heavy atom. The minimum atomic E-state index is -0.508. The fraction of sp³-hybridized carbons (Fsp3) is 0.294. The first-order valence-corrected chi connectivity index (χ1v) is 8.47. The van der Waals surface area contributed by atoms with E-state index in [9.17, 15) is 4.79 Å². The van der Waals surface area contributed by atoms with Crippen molar-refractivity contribution in [3.8, 4) is 0 Å². The molecule has 1 N–H and O–H groups in total. The van der Waals surface area contributed by atoms with E-state index < -0.39 is 6.09 Å². The second-order valence-corrected chi connectivity index (χ2v) is 6.17. The zero-order valence-corrected chi connectivity index (χ0v) is 14.7. The number of hydrogen-bond donors (Lipinski definition) is 1. The van der Waals surface area contributed by atoms with Gasteiger partial charge < -0.3 is 14.4 Å². The first kappa shape index (κ1) is 16.7. The molecule has 2 heterocycles. The highest BCUT2D eigenvalue weighted by Crippen LogP contribution is 2.27. The van der Waals surface area contributed by atoms with Gasteiger partial charge in [-0.1, -0.05) is 30.3 Å². The van der Waals surface area contributed by atoms with Crippen molar-refractivity contribution in [1.82, 2.24) is 4.98 Å². The van der Waals surface area contributed by atoms with Crippen LogP contribution in [0.4, 0.5) is 16.3 Å². The molecule has 1 fully saturated rings. The summed E-state index contributed by atoms with van der Waals surface area (Å²) in [5.41, 5.74) is 1.52. The number of amides is 1. The molecule has 1 saturated heterocycles. The molecular weight excluding hydrogens is 374 g/mol. The first-order chi connectivity index (χ1) is 11.7. The van der Waals surface area contributed by atoms with Crippen molar-refractivity contribution >= 4 is 33.5 Å². The Bertz CT molecular complexity index is 691. The molecule has 1 aliphatic heterocycles. The molecule has 0 unspecified atom stereocenters. The van der Waals surface area contributed by atoms with E-state index in [1.165, 1.54) is 0 Å². The van der Waals surface area contributed by atoms with Crippen LogP contribution < -0.4 is 10.2 Å². The van der Waals surface area contributed by atoms with E-state index in [1.807, 2.05) is 36.4 Å². The Hall–Kier alpha value is -2.12. The Morgan fingerprint density at radius 2 is 2.04 bits per heavy atom. The van der Waals surface area contributed by atoms with Gasteiger partial charge in [0.25, 0.3) is 0 Å². The van der Waals surface area contributed by atoms with Crippen molar-refractivity contribution in [1.29, 1.82) is 0 Å². The minimum Gasteiger partial charge on any atom is -0.444 e. The summed E-state index contributed by atoms with van der Waals surface area (Å²) < 4.78 is 11.4. The van der Waals surface area contributed by atoms with Crippen molar-refractivity contribution in [2.24, 2.45) is 0 Å². The van der Waals surface area contributed by atoms with Crippen LogP contribution in [0.25, 0.3) is 0 Å². The van der Waals surface area contributed by atoms with Crippen LogP contribution in [0.5, 0.6) is 0 Å². The zero-order valence-electron chi connectivity index (χ0n) is 13.1. The van der Waals surface area contributed by atoms with Gasteiger partial charge in [-0.05, 0) is 27.6 Å². The third-order valence-electron chi connectivity index (χ3n) is 3.59. The normalized spacial score (nSPS) is 14.3. The minimum absolute atomic E-state index is 0.229. The van der Waals surface area contributed by atoms with Crippen LogP contribution in [-0.4, -0.2) is 37.4 Å². The summed E-state index contributed by atoms with van der Waals surface area (Å²) in [4.78, 5) is 18.5. The van der Waals surface area contributed by atoms with Crippen LogP contribution in [0.2, 0.25) is 0 Å². The molecule has 24 heavy (non-hydrogen) atoms. The van der Waals surface area contributed by atoms with E-state index in [1.54, 1.807) is 6.20 Å². The third-order valence-corrected chi connectivity index (χ3v) is 4.18. The maximum absolute atomic E-state index is 11.9. The van der Waals surface area contributed by atoms with E-state index in [0.29, 0.717) is 18.9 Å². The van der Waals surface area contributed by atoms with Gasteiger partial charge in [0.1, 0.15) is 12.4 Å². The number of carbonyl (C=O) groups excluding carboxylic acids is 1. The highest BCUT2D eigenvalue weighted by Gasteiger charge is 2.16.